The van der Waals surface area contributed by atoms with E-state index in [4.69, 9.17) is 16.3 Å². The van der Waals surface area contributed by atoms with Gasteiger partial charge in [0.25, 0.3) is 0 Å². The lowest BCUT2D eigenvalue weighted by atomic mass is 9.80. The summed E-state index contributed by atoms with van der Waals surface area (Å²) in [4.78, 5) is 14.8. The molecule has 0 aliphatic carbocycles. The van der Waals surface area contributed by atoms with Gasteiger partial charge in [-0.3, -0.25) is 4.79 Å². The van der Waals surface area contributed by atoms with Crippen LogP contribution < -0.4 is 4.74 Å². The van der Waals surface area contributed by atoms with Crippen molar-refractivity contribution in [3.8, 4) is 5.75 Å². The summed E-state index contributed by atoms with van der Waals surface area (Å²) in [6.45, 7) is 5.91. The zero-order valence-electron chi connectivity index (χ0n) is 16.8. The highest BCUT2D eigenvalue weighted by atomic mass is 35.5. The summed E-state index contributed by atoms with van der Waals surface area (Å²) in [6.07, 6.45) is 0.385. The topological polar surface area (TPSA) is 63.7 Å². The van der Waals surface area contributed by atoms with Gasteiger partial charge in [0.05, 0.1) is 4.90 Å². The Labute approximate surface area is 176 Å². The number of rotatable bonds is 3. The molecule has 0 aromatic heterocycles. The third kappa shape index (κ3) is 3.13. The molecule has 0 N–H and O–H groups in total. The molecule has 4 rings (SSSR count). The summed E-state index contributed by atoms with van der Waals surface area (Å²) in [6, 6.07) is 12.0. The zero-order valence-corrected chi connectivity index (χ0v) is 18.4. The van der Waals surface area contributed by atoms with E-state index in [1.165, 1.54) is 4.90 Å². The van der Waals surface area contributed by atoms with Crippen molar-refractivity contribution in [2.24, 2.45) is 0 Å². The smallest absolute Gasteiger partial charge is 0.244 e. The van der Waals surface area contributed by atoms with Crippen LogP contribution in [0.1, 0.15) is 50.2 Å². The number of hydrogen-bond acceptors (Lipinski definition) is 4. The molecule has 7 heteroatoms. The van der Waals surface area contributed by atoms with E-state index < -0.39 is 32.6 Å². The second-order valence-corrected chi connectivity index (χ2v) is 10.9. The fourth-order valence-electron chi connectivity index (χ4n) is 4.31. The van der Waals surface area contributed by atoms with Crippen LogP contribution in [0.3, 0.4) is 0 Å². The van der Waals surface area contributed by atoms with Crippen LogP contribution in [0, 0.1) is 0 Å². The molecule has 5 nitrogen and oxygen atoms in total. The number of amides is 1. The van der Waals surface area contributed by atoms with Crippen molar-refractivity contribution in [3.05, 3.63) is 58.6 Å². The van der Waals surface area contributed by atoms with Gasteiger partial charge in [0, 0.05) is 30.0 Å². The molecular formula is C22H24ClNO4S. The average Bonchev–Trinajstić information content (AvgIpc) is 2.67. The first-order chi connectivity index (χ1) is 13.5. The first-order valence-corrected chi connectivity index (χ1v) is 11.6. The van der Waals surface area contributed by atoms with Crippen molar-refractivity contribution in [2.75, 3.05) is 7.05 Å². The molecule has 2 aromatic carbocycles. The Bertz CT molecular complexity index is 1080. The SMILES string of the molecule is CC(C)c1ccc(S(=O)(=O)[C@H]2C(=O)N(C)[C@@]3(C)C[C@H]2c2cc(Cl)ccc2O3)cc1. The Morgan fingerprint density at radius 3 is 2.45 bits per heavy atom. The molecular weight excluding hydrogens is 410 g/mol. The summed E-state index contributed by atoms with van der Waals surface area (Å²) in [5.41, 5.74) is 0.825. The second-order valence-electron chi connectivity index (χ2n) is 8.36. The number of hydrogen-bond donors (Lipinski definition) is 0. The highest BCUT2D eigenvalue weighted by Crippen LogP contribution is 2.50. The average molecular weight is 434 g/mol. The van der Waals surface area contributed by atoms with Crippen LogP contribution in [-0.2, 0) is 14.6 Å². The summed E-state index contributed by atoms with van der Waals surface area (Å²) in [5, 5.41) is -0.730. The van der Waals surface area contributed by atoms with Crippen LogP contribution in [0.2, 0.25) is 5.02 Å². The maximum atomic E-state index is 13.6. The number of likely N-dealkylation sites (tertiary alicyclic amines) is 1. The van der Waals surface area contributed by atoms with Gasteiger partial charge in [-0.25, -0.2) is 8.42 Å². The number of sulfone groups is 1. The molecule has 2 heterocycles. The molecule has 2 aliphatic rings. The monoisotopic (exact) mass is 433 g/mol. The second kappa shape index (κ2) is 6.74. The lowest BCUT2D eigenvalue weighted by molar-refractivity contribution is -0.159. The number of halogens is 1. The molecule has 29 heavy (non-hydrogen) atoms. The molecule has 2 aromatic rings. The Morgan fingerprint density at radius 2 is 1.83 bits per heavy atom. The molecule has 0 spiro atoms. The van der Waals surface area contributed by atoms with Crippen LogP contribution in [0.5, 0.6) is 5.75 Å². The molecule has 2 aliphatic heterocycles. The Kier molecular flexibility index (Phi) is 4.70. The van der Waals surface area contributed by atoms with Gasteiger partial charge in [-0.15, -0.1) is 0 Å². The minimum absolute atomic E-state index is 0.160. The van der Waals surface area contributed by atoms with Crippen molar-refractivity contribution in [1.82, 2.24) is 4.90 Å². The molecule has 1 amide bonds. The van der Waals surface area contributed by atoms with Crippen molar-refractivity contribution in [1.29, 1.82) is 0 Å². The maximum Gasteiger partial charge on any atom is 0.244 e. The van der Waals surface area contributed by atoms with Crippen LogP contribution in [-0.4, -0.2) is 37.2 Å². The predicted molar refractivity (Wildman–Crippen MR) is 112 cm³/mol. The van der Waals surface area contributed by atoms with Crippen molar-refractivity contribution in [3.63, 3.8) is 0 Å². The van der Waals surface area contributed by atoms with E-state index in [1.54, 1.807) is 37.4 Å². The molecule has 0 unspecified atom stereocenters. The van der Waals surface area contributed by atoms with Crippen molar-refractivity contribution < 1.29 is 17.9 Å². The van der Waals surface area contributed by atoms with E-state index in [0.29, 0.717) is 28.7 Å². The number of benzene rings is 2. The fourth-order valence-corrected chi connectivity index (χ4v) is 6.40. The molecule has 1 saturated heterocycles. The number of piperidine rings is 1. The van der Waals surface area contributed by atoms with Gasteiger partial charge < -0.3 is 9.64 Å². The van der Waals surface area contributed by atoms with Gasteiger partial charge in [0.15, 0.2) is 20.8 Å². The summed E-state index contributed by atoms with van der Waals surface area (Å²) < 4.78 is 33.3. The Morgan fingerprint density at radius 1 is 1.17 bits per heavy atom. The third-order valence-corrected chi connectivity index (χ3v) is 8.52. The maximum absolute atomic E-state index is 13.6. The molecule has 154 valence electrons. The largest absolute Gasteiger partial charge is 0.468 e. The lowest BCUT2D eigenvalue weighted by Gasteiger charge is -2.51. The summed E-state index contributed by atoms with van der Waals surface area (Å²) >= 11 is 6.18. The number of nitrogens with zero attached hydrogens (tertiary/aromatic N) is 1. The van der Waals surface area contributed by atoms with E-state index in [0.717, 1.165) is 5.56 Å². The minimum atomic E-state index is -3.91. The molecule has 3 atom stereocenters. The normalized spacial score (nSPS) is 26.3. The molecule has 0 radical (unpaired) electrons. The number of carbonyl (C=O) groups excluding carboxylic acids is 1. The highest BCUT2D eigenvalue weighted by molar-refractivity contribution is 7.92. The van der Waals surface area contributed by atoms with Gasteiger partial charge >= 0.3 is 0 Å². The minimum Gasteiger partial charge on any atom is -0.468 e. The number of ether oxygens (including phenoxy) is 1. The van der Waals surface area contributed by atoms with Gasteiger partial charge in [0.1, 0.15) is 5.75 Å². The zero-order chi connectivity index (χ0) is 21.1. The quantitative estimate of drug-likeness (QED) is 0.721. The first kappa shape index (κ1) is 20.2. The van der Waals surface area contributed by atoms with Crippen LogP contribution >= 0.6 is 11.6 Å². The van der Waals surface area contributed by atoms with Gasteiger partial charge in [-0.05, 0) is 48.7 Å². The first-order valence-electron chi connectivity index (χ1n) is 9.64. The van der Waals surface area contributed by atoms with Crippen LogP contribution in [0.4, 0.5) is 0 Å². The molecule has 2 bridgehead atoms. The van der Waals surface area contributed by atoms with Crippen LogP contribution in [0.25, 0.3) is 0 Å². The van der Waals surface area contributed by atoms with E-state index in [2.05, 4.69) is 0 Å². The predicted octanol–water partition coefficient (Wildman–Crippen LogP) is 4.36. The van der Waals surface area contributed by atoms with E-state index in [9.17, 15) is 13.2 Å². The number of fused-ring (bicyclic) bond motifs is 4. The van der Waals surface area contributed by atoms with Crippen molar-refractivity contribution in [2.45, 2.75) is 54.9 Å². The summed E-state index contributed by atoms with van der Waals surface area (Å²) in [5.74, 6) is -0.120. The van der Waals surface area contributed by atoms with Gasteiger partial charge in [-0.2, -0.15) is 0 Å². The molecule has 0 saturated carbocycles. The molecule has 1 fully saturated rings. The van der Waals surface area contributed by atoms with Crippen LogP contribution in [0.15, 0.2) is 47.4 Å². The van der Waals surface area contributed by atoms with Gasteiger partial charge in [-0.1, -0.05) is 37.6 Å². The van der Waals surface area contributed by atoms with Gasteiger partial charge in [0.2, 0.25) is 5.91 Å². The Balaban J connectivity index is 1.85. The van der Waals surface area contributed by atoms with E-state index in [1.807, 2.05) is 32.9 Å². The Hall–Kier alpha value is -2.05. The fraction of sp³-hybridized carbons (Fsp3) is 0.409. The van der Waals surface area contributed by atoms with E-state index >= 15 is 0 Å². The standard InChI is InChI=1S/C22H24ClNO4S/c1-13(2)14-5-8-16(9-6-14)29(26,27)20-18-12-22(3,24(4)21(20)25)28-19-10-7-15(23)11-17(18)19/h5-11,13,18,20H,12H2,1-4H3/t18-,20+,22+/m0/s1. The van der Waals surface area contributed by atoms with E-state index in [-0.39, 0.29) is 4.90 Å². The summed E-state index contributed by atoms with van der Waals surface area (Å²) in [7, 11) is -2.31. The highest BCUT2D eigenvalue weighted by Gasteiger charge is 2.57. The van der Waals surface area contributed by atoms with Crippen molar-refractivity contribution >= 4 is 27.3 Å². The number of carbonyl (C=O) groups is 1. The third-order valence-electron chi connectivity index (χ3n) is 6.16. The lowest BCUT2D eigenvalue weighted by Crippen LogP contribution is -2.64.